The SMILES string of the molecule is COc1cc(C(Nc2ncccc2C)c2ccccc2)cc(OC)c1OC. The minimum Gasteiger partial charge on any atom is -0.493 e. The van der Waals surface area contributed by atoms with Gasteiger partial charge in [-0.1, -0.05) is 36.4 Å². The fraction of sp³-hybridized carbons (Fsp3) is 0.227. The molecule has 0 spiro atoms. The Bertz CT molecular complexity index is 872. The molecule has 3 rings (SSSR count). The lowest BCUT2D eigenvalue weighted by atomic mass is 9.97. The van der Waals surface area contributed by atoms with Crippen molar-refractivity contribution in [2.75, 3.05) is 26.6 Å². The van der Waals surface area contributed by atoms with Gasteiger partial charge in [-0.05, 0) is 41.8 Å². The number of nitrogens with zero attached hydrogens (tertiary/aromatic N) is 1. The van der Waals surface area contributed by atoms with Gasteiger partial charge in [-0.15, -0.1) is 0 Å². The number of ether oxygens (including phenoxy) is 3. The minimum absolute atomic E-state index is 0.131. The smallest absolute Gasteiger partial charge is 0.203 e. The Hall–Kier alpha value is -3.21. The fourth-order valence-corrected chi connectivity index (χ4v) is 3.05. The van der Waals surface area contributed by atoms with E-state index in [0.717, 1.165) is 22.5 Å². The van der Waals surface area contributed by atoms with Gasteiger partial charge < -0.3 is 19.5 Å². The average molecular weight is 364 g/mol. The van der Waals surface area contributed by atoms with Crippen LogP contribution < -0.4 is 19.5 Å². The van der Waals surface area contributed by atoms with Crippen LogP contribution in [0.1, 0.15) is 22.7 Å². The molecule has 0 radical (unpaired) electrons. The van der Waals surface area contributed by atoms with Crippen molar-refractivity contribution in [2.45, 2.75) is 13.0 Å². The second-order valence-electron chi connectivity index (χ2n) is 6.12. The van der Waals surface area contributed by atoms with Crippen LogP contribution in [-0.4, -0.2) is 26.3 Å². The van der Waals surface area contributed by atoms with Crippen LogP contribution in [0.15, 0.2) is 60.8 Å². The van der Waals surface area contributed by atoms with Crippen LogP contribution in [0, 0.1) is 6.92 Å². The van der Waals surface area contributed by atoms with Gasteiger partial charge in [0.1, 0.15) is 5.82 Å². The summed E-state index contributed by atoms with van der Waals surface area (Å²) in [6.45, 7) is 2.03. The lowest BCUT2D eigenvalue weighted by Gasteiger charge is -2.23. The molecule has 5 nitrogen and oxygen atoms in total. The highest BCUT2D eigenvalue weighted by molar-refractivity contribution is 5.57. The predicted molar refractivity (Wildman–Crippen MR) is 107 cm³/mol. The highest BCUT2D eigenvalue weighted by Crippen LogP contribution is 2.41. The number of benzene rings is 2. The van der Waals surface area contributed by atoms with Gasteiger partial charge in [-0.2, -0.15) is 0 Å². The molecule has 27 heavy (non-hydrogen) atoms. The lowest BCUT2D eigenvalue weighted by Crippen LogP contribution is -2.14. The Labute approximate surface area is 159 Å². The highest BCUT2D eigenvalue weighted by atomic mass is 16.5. The van der Waals surface area contributed by atoms with E-state index in [4.69, 9.17) is 14.2 Å². The van der Waals surface area contributed by atoms with Gasteiger partial charge in [-0.3, -0.25) is 0 Å². The Balaban J connectivity index is 2.12. The average Bonchev–Trinajstić information content (AvgIpc) is 2.72. The maximum atomic E-state index is 5.53. The van der Waals surface area contributed by atoms with Gasteiger partial charge >= 0.3 is 0 Å². The fourth-order valence-electron chi connectivity index (χ4n) is 3.05. The molecule has 0 aliphatic carbocycles. The third kappa shape index (κ3) is 3.97. The van der Waals surface area contributed by atoms with Gasteiger partial charge in [0, 0.05) is 6.20 Å². The first-order chi connectivity index (χ1) is 13.2. The zero-order valence-electron chi connectivity index (χ0n) is 16.0. The Morgan fingerprint density at radius 3 is 2.04 bits per heavy atom. The second-order valence-corrected chi connectivity index (χ2v) is 6.12. The van der Waals surface area contributed by atoms with Gasteiger partial charge in [0.05, 0.1) is 27.4 Å². The molecule has 1 heterocycles. The molecule has 0 amide bonds. The predicted octanol–water partition coefficient (Wildman–Crippen LogP) is 4.62. The van der Waals surface area contributed by atoms with Crippen molar-refractivity contribution in [3.05, 3.63) is 77.5 Å². The highest BCUT2D eigenvalue weighted by Gasteiger charge is 2.21. The number of aryl methyl sites for hydroxylation is 1. The first-order valence-electron chi connectivity index (χ1n) is 8.71. The molecule has 1 unspecified atom stereocenters. The van der Waals surface area contributed by atoms with E-state index >= 15 is 0 Å². The van der Waals surface area contributed by atoms with E-state index in [1.165, 1.54) is 0 Å². The molecule has 0 fully saturated rings. The summed E-state index contributed by atoms with van der Waals surface area (Å²) in [5.41, 5.74) is 3.17. The topological polar surface area (TPSA) is 52.6 Å². The van der Waals surface area contributed by atoms with E-state index in [9.17, 15) is 0 Å². The number of pyridine rings is 1. The third-order valence-corrected chi connectivity index (χ3v) is 4.44. The molecular formula is C22H24N2O3. The number of hydrogen-bond acceptors (Lipinski definition) is 5. The lowest BCUT2D eigenvalue weighted by molar-refractivity contribution is 0.323. The van der Waals surface area contributed by atoms with Crippen LogP contribution in [0.2, 0.25) is 0 Å². The molecule has 5 heteroatoms. The maximum absolute atomic E-state index is 5.53. The summed E-state index contributed by atoms with van der Waals surface area (Å²) in [6.07, 6.45) is 1.78. The number of methoxy groups -OCH3 is 3. The minimum atomic E-state index is -0.131. The van der Waals surface area contributed by atoms with Crippen LogP contribution in [0.25, 0.3) is 0 Å². The first kappa shape index (κ1) is 18.6. The molecule has 2 aromatic carbocycles. The molecule has 0 aliphatic rings. The number of hydrogen-bond donors (Lipinski definition) is 1. The molecular weight excluding hydrogens is 340 g/mol. The van der Waals surface area contributed by atoms with Gasteiger partial charge in [0.15, 0.2) is 11.5 Å². The Kier molecular flexibility index (Phi) is 5.81. The van der Waals surface area contributed by atoms with Crippen LogP contribution in [0.3, 0.4) is 0 Å². The summed E-state index contributed by atoms with van der Waals surface area (Å²) >= 11 is 0. The summed E-state index contributed by atoms with van der Waals surface area (Å²) in [6, 6.07) is 18.0. The van der Waals surface area contributed by atoms with Gasteiger partial charge in [-0.25, -0.2) is 4.98 Å². The standard InChI is InChI=1S/C22H24N2O3/c1-15-9-8-12-23-22(15)24-20(16-10-6-5-7-11-16)17-13-18(25-2)21(27-4)19(14-17)26-3/h5-14,20H,1-4H3,(H,23,24). The first-order valence-corrected chi connectivity index (χ1v) is 8.71. The van der Waals surface area contributed by atoms with Crippen LogP contribution in [0.5, 0.6) is 17.2 Å². The molecule has 0 saturated carbocycles. The van der Waals surface area contributed by atoms with Gasteiger partial charge in [0.25, 0.3) is 0 Å². The molecule has 1 N–H and O–H groups in total. The van der Waals surface area contributed by atoms with E-state index in [0.29, 0.717) is 17.2 Å². The van der Waals surface area contributed by atoms with Crippen molar-refractivity contribution >= 4 is 5.82 Å². The Morgan fingerprint density at radius 2 is 1.48 bits per heavy atom. The maximum Gasteiger partial charge on any atom is 0.203 e. The van der Waals surface area contributed by atoms with Crippen LogP contribution in [-0.2, 0) is 0 Å². The zero-order valence-corrected chi connectivity index (χ0v) is 16.0. The largest absolute Gasteiger partial charge is 0.493 e. The third-order valence-electron chi connectivity index (χ3n) is 4.44. The number of nitrogens with one attached hydrogen (secondary N) is 1. The molecule has 0 aliphatic heterocycles. The van der Waals surface area contributed by atoms with E-state index in [-0.39, 0.29) is 6.04 Å². The van der Waals surface area contributed by atoms with Gasteiger partial charge in [0.2, 0.25) is 5.75 Å². The van der Waals surface area contributed by atoms with Crippen LogP contribution >= 0.6 is 0 Å². The molecule has 3 aromatic rings. The van der Waals surface area contributed by atoms with Crippen LogP contribution in [0.4, 0.5) is 5.82 Å². The summed E-state index contributed by atoms with van der Waals surface area (Å²) in [4.78, 5) is 4.49. The number of anilines is 1. The van der Waals surface area contributed by atoms with E-state index in [1.807, 2.05) is 49.4 Å². The summed E-state index contributed by atoms with van der Waals surface area (Å²) < 4.78 is 16.5. The normalized spacial score (nSPS) is 11.6. The molecule has 0 bridgehead atoms. The number of aromatic nitrogens is 1. The summed E-state index contributed by atoms with van der Waals surface area (Å²) in [5, 5.41) is 3.56. The monoisotopic (exact) mass is 364 g/mol. The Morgan fingerprint density at radius 1 is 0.815 bits per heavy atom. The molecule has 1 atom stereocenters. The molecule has 1 aromatic heterocycles. The second kappa shape index (κ2) is 8.45. The van der Waals surface area contributed by atoms with Crippen molar-refractivity contribution in [1.82, 2.24) is 4.98 Å². The van der Waals surface area contributed by atoms with Crippen molar-refractivity contribution in [2.24, 2.45) is 0 Å². The van der Waals surface area contributed by atoms with Crippen molar-refractivity contribution in [3.8, 4) is 17.2 Å². The molecule has 0 saturated heterocycles. The van der Waals surface area contributed by atoms with Crippen molar-refractivity contribution in [1.29, 1.82) is 0 Å². The zero-order chi connectivity index (χ0) is 19.2. The van der Waals surface area contributed by atoms with Crippen molar-refractivity contribution in [3.63, 3.8) is 0 Å². The summed E-state index contributed by atoms with van der Waals surface area (Å²) in [7, 11) is 4.84. The molecule has 140 valence electrons. The quantitative estimate of drug-likeness (QED) is 0.663. The van der Waals surface area contributed by atoms with E-state index in [2.05, 4.69) is 22.4 Å². The van der Waals surface area contributed by atoms with E-state index in [1.54, 1.807) is 27.5 Å². The number of rotatable bonds is 7. The van der Waals surface area contributed by atoms with E-state index < -0.39 is 0 Å². The summed E-state index contributed by atoms with van der Waals surface area (Å²) in [5.74, 6) is 2.64. The van der Waals surface area contributed by atoms with Crippen molar-refractivity contribution < 1.29 is 14.2 Å².